The molecule has 1 aromatic carbocycles. The second-order valence-corrected chi connectivity index (χ2v) is 5.73. The lowest BCUT2D eigenvalue weighted by Gasteiger charge is -2.30. The molecule has 0 saturated carbocycles. The number of amides is 1. The summed E-state index contributed by atoms with van der Waals surface area (Å²) in [4.78, 5) is 14.1. The summed E-state index contributed by atoms with van der Waals surface area (Å²) in [5.41, 5.74) is 1.17. The van der Waals surface area contributed by atoms with Crippen molar-refractivity contribution >= 4 is 5.91 Å². The molecule has 5 heteroatoms. The number of methoxy groups -OCH3 is 1. The first kappa shape index (κ1) is 16.8. The number of carbonyl (C=O) groups excluding carboxylic acids is 1. The molecule has 0 bridgehead atoms. The number of benzene rings is 1. The third-order valence-electron chi connectivity index (χ3n) is 3.92. The van der Waals surface area contributed by atoms with Gasteiger partial charge in [-0.15, -0.1) is 0 Å². The zero-order valence-electron chi connectivity index (χ0n) is 13.5. The number of hydrogen-bond donors (Lipinski definition) is 1. The Morgan fingerprint density at radius 2 is 2.14 bits per heavy atom. The molecule has 1 N–H and O–H groups in total. The van der Waals surface area contributed by atoms with Crippen LogP contribution >= 0.6 is 0 Å². The van der Waals surface area contributed by atoms with Crippen molar-refractivity contribution < 1.29 is 14.3 Å². The summed E-state index contributed by atoms with van der Waals surface area (Å²) < 4.78 is 10.9. The van der Waals surface area contributed by atoms with Gasteiger partial charge in [0.25, 0.3) is 0 Å². The first-order valence-corrected chi connectivity index (χ1v) is 7.88. The Hall–Kier alpha value is -1.59. The van der Waals surface area contributed by atoms with E-state index in [0.717, 1.165) is 31.7 Å². The lowest BCUT2D eigenvalue weighted by atomic mass is 10.1. The molecule has 1 fully saturated rings. The zero-order valence-corrected chi connectivity index (χ0v) is 13.5. The van der Waals surface area contributed by atoms with E-state index < -0.39 is 0 Å². The predicted molar refractivity (Wildman–Crippen MR) is 86.2 cm³/mol. The van der Waals surface area contributed by atoms with E-state index in [-0.39, 0.29) is 5.91 Å². The van der Waals surface area contributed by atoms with Crippen LogP contribution < -0.4 is 10.1 Å². The number of likely N-dealkylation sites (tertiary alicyclic amines) is 1. The van der Waals surface area contributed by atoms with Crippen molar-refractivity contribution in [3.8, 4) is 5.75 Å². The monoisotopic (exact) mass is 306 g/mol. The summed E-state index contributed by atoms with van der Waals surface area (Å²) in [7, 11) is 1.75. The average molecular weight is 306 g/mol. The normalized spacial score (nSPS) is 16.5. The summed E-state index contributed by atoms with van der Waals surface area (Å²) in [5.74, 6) is 0.902. The summed E-state index contributed by atoms with van der Waals surface area (Å²) >= 11 is 0. The van der Waals surface area contributed by atoms with Gasteiger partial charge in [-0.1, -0.05) is 12.1 Å². The predicted octanol–water partition coefficient (Wildman–Crippen LogP) is 1.60. The SMILES string of the molecule is COC1CCN(CC(=O)NCCOc2cccc(C)c2)CC1. The van der Waals surface area contributed by atoms with Crippen LogP contribution in [0.25, 0.3) is 0 Å². The summed E-state index contributed by atoms with van der Waals surface area (Å²) in [6.45, 7) is 5.35. The molecule has 5 nitrogen and oxygen atoms in total. The van der Waals surface area contributed by atoms with Crippen molar-refractivity contribution in [1.29, 1.82) is 0 Å². The Morgan fingerprint density at radius 1 is 1.36 bits per heavy atom. The molecule has 1 heterocycles. The zero-order chi connectivity index (χ0) is 15.8. The maximum Gasteiger partial charge on any atom is 0.234 e. The Labute approximate surface area is 132 Å². The van der Waals surface area contributed by atoms with Crippen molar-refractivity contribution in [2.45, 2.75) is 25.9 Å². The van der Waals surface area contributed by atoms with E-state index in [1.165, 1.54) is 5.56 Å². The Balaban J connectivity index is 1.58. The molecule has 2 rings (SSSR count). The number of rotatable bonds is 7. The molecule has 22 heavy (non-hydrogen) atoms. The lowest BCUT2D eigenvalue weighted by Crippen LogP contribution is -2.43. The van der Waals surface area contributed by atoms with E-state index >= 15 is 0 Å². The van der Waals surface area contributed by atoms with Gasteiger partial charge >= 0.3 is 0 Å². The lowest BCUT2D eigenvalue weighted by molar-refractivity contribution is -0.123. The van der Waals surface area contributed by atoms with E-state index in [9.17, 15) is 4.79 Å². The molecule has 122 valence electrons. The van der Waals surface area contributed by atoms with Gasteiger partial charge < -0.3 is 14.8 Å². The van der Waals surface area contributed by atoms with Gasteiger partial charge in [0.15, 0.2) is 0 Å². The van der Waals surface area contributed by atoms with Crippen molar-refractivity contribution in [3.63, 3.8) is 0 Å². The van der Waals surface area contributed by atoms with Gasteiger partial charge in [0.1, 0.15) is 12.4 Å². The fraction of sp³-hybridized carbons (Fsp3) is 0.588. The Bertz CT molecular complexity index is 471. The number of hydrogen-bond acceptors (Lipinski definition) is 4. The van der Waals surface area contributed by atoms with Crippen LogP contribution in [0.1, 0.15) is 18.4 Å². The first-order chi connectivity index (χ1) is 10.7. The second-order valence-electron chi connectivity index (χ2n) is 5.73. The second kappa shape index (κ2) is 8.76. The molecular weight excluding hydrogens is 280 g/mol. The van der Waals surface area contributed by atoms with Gasteiger partial charge in [-0.05, 0) is 37.5 Å². The highest BCUT2D eigenvalue weighted by Crippen LogP contribution is 2.12. The molecule has 0 unspecified atom stereocenters. The maximum absolute atomic E-state index is 11.9. The molecular formula is C17H26N2O3. The summed E-state index contributed by atoms with van der Waals surface area (Å²) in [6, 6.07) is 7.91. The smallest absolute Gasteiger partial charge is 0.234 e. The quantitative estimate of drug-likeness (QED) is 0.778. The van der Waals surface area contributed by atoms with Gasteiger partial charge in [-0.2, -0.15) is 0 Å². The minimum Gasteiger partial charge on any atom is -0.492 e. The highest BCUT2D eigenvalue weighted by Gasteiger charge is 2.20. The molecule has 0 aliphatic carbocycles. The summed E-state index contributed by atoms with van der Waals surface area (Å²) in [6.07, 6.45) is 2.35. The van der Waals surface area contributed by atoms with Crippen molar-refractivity contribution in [2.24, 2.45) is 0 Å². The largest absolute Gasteiger partial charge is 0.492 e. The van der Waals surface area contributed by atoms with E-state index in [1.54, 1.807) is 7.11 Å². The highest BCUT2D eigenvalue weighted by atomic mass is 16.5. The van der Waals surface area contributed by atoms with Gasteiger partial charge in [0, 0.05) is 20.2 Å². The third-order valence-corrected chi connectivity index (χ3v) is 3.92. The van der Waals surface area contributed by atoms with Crippen LogP contribution in [0.4, 0.5) is 0 Å². The topological polar surface area (TPSA) is 50.8 Å². The van der Waals surface area contributed by atoms with E-state index in [2.05, 4.69) is 10.2 Å². The minimum absolute atomic E-state index is 0.0590. The number of ether oxygens (including phenoxy) is 2. The number of nitrogens with zero attached hydrogens (tertiary/aromatic N) is 1. The average Bonchev–Trinajstić information content (AvgIpc) is 2.52. The van der Waals surface area contributed by atoms with Gasteiger partial charge in [0.2, 0.25) is 5.91 Å². The standard InChI is InChI=1S/C17H26N2O3/c1-14-4-3-5-16(12-14)22-11-8-18-17(20)13-19-9-6-15(21-2)7-10-19/h3-5,12,15H,6-11,13H2,1-2H3,(H,18,20). The number of aryl methyl sites for hydroxylation is 1. The number of piperidine rings is 1. The molecule has 0 aromatic heterocycles. The summed E-state index contributed by atoms with van der Waals surface area (Å²) in [5, 5.41) is 2.90. The minimum atomic E-state index is 0.0590. The van der Waals surface area contributed by atoms with Crippen LogP contribution in [0.5, 0.6) is 5.75 Å². The van der Waals surface area contributed by atoms with Gasteiger partial charge in [0.05, 0.1) is 19.2 Å². The van der Waals surface area contributed by atoms with Crippen molar-refractivity contribution in [1.82, 2.24) is 10.2 Å². The van der Waals surface area contributed by atoms with Crippen LogP contribution in [0, 0.1) is 6.92 Å². The van der Waals surface area contributed by atoms with Crippen LogP contribution in [0.3, 0.4) is 0 Å². The molecule has 0 radical (unpaired) electrons. The number of carbonyl (C=O) groups is 1. The van der Waals surface area contributed by atoms with Crippen LogP contribution in [0.15, 0.2) is 24.3 Å². The Kier molecular flexibility index (Phi) is 6.68. The fourth-order valence-electron chi connectivity index (χ4n) is 2.63. The third kappa shape index (κ3) is 5.66. The molecule has 1 amide bonds. The number of nitrogens with one attached hydrogen (secondary N) is 1. The van der Waals surface area contributed by atoms with Gasteiger partial charge in [-0.3, -0.25) is 9.69 Å². The molecule has 1 aliphatic heterocycles. The molecule has 1 saturated heterocycles. The van der Waals surface area contributed by atoms with Crippen LogP contribution in [-0.2, 0) is 9.53 Å². The Morgan fingerprint density at radius 3 is 2.82 bits per heavy atom. The molecule has 0 atom stereocenters. The molecule has 1 aromatic rings. The van der Waals surface area contributed by atoms with E-state index in [1.807, 2.05) is 31.2 Å². The van der Waals surface area contributed by atoms with E-state index in [0.29, 0.717) is 25.8 Å². The first-order valence-electron chi connectivity index (χ1n) is 7.88. The van der Waals surface area contributed by atoms with Crippen molar-refractivity contribution in [3.05, 3.63) is 29.8 Å². The fourth-order valence-corrected chi connectivity index (χ4v) is 2.63. The van der Waals surface area contributed by atoms with E-state index in [4.69, 9.17) is 9.47 Å². The van der Waals surface area contributed by atoms with Gasteiger partial charge in [-0.25, -0.2) is 0 Å². The van der Waals surface area contributed by atoms with Crippen molar-refractivity contribution in [2.75, 3.05) is 39.9 Å². The molecule has 0 spiro atoms. The molecule has 1 aliphatic rings. The maximum atomic E-state index is 11.9. The van der Waals surface area contributed by atoms with Crippen LogP contribution in [0.2, 0.25) is 0 Å². The van der Waals surface area contributed by atoms with Crippen LogP contribution in [-0.4, -0.2) is 56.8 Å². The highest BCUT2D eigenvalue weighted by molar-refractivity contribution is 5.78.